The predicted octanol–water partition coefficient (Wildman–Crippen LogP) is 6.68. The van der Waals surface area contributed by atoms with Crippen LogP contribution in [0.5, 0.6) is 0 Å². The third kappa shape index (κ3) is 47.0. The van der Waals surface area contributed by atoms with Crippen LogP contribution in [-0.2, 0) is 9.53 Å². The van der Waals surface area contributed by atoms with E-state index >= 15 is 0 Å². The van der Waals surface area contributed by atoms with Crippen LogP contribution in [0.1, 0.15) is 137 Å². The van der Waals surface area contributed by atoms with E-state index < -0.39 is 6.29 Å². The summed E-state index contributed by atoms with van der Waals surface area (Å²) in [7, 11) is 0. The highest BCUT2D eigenvalue weighted by Crippen LogP contribution is 2.14. The van der Waals surface area contributed by atoms with Crippen molar-refractivity contribution in [3.63, 3.8) is 0 Å². The smallest absolute Gasteiger partial charge is 0.305 e. The Morgan fingerprint density at radius 3 is 1.57 bits per heavy atom. The van der Waals surface area contributed by atoms with E-state index in [4.69, 9.17) is 25.2 Å². The molecule has 0 saturated heterocycles. The Morgan fingerprint density at radius 2 is 1.20 bits per heavy atom. The highest BCUT2D eigenvalue weighted by atomic mass is 16.5. The number of aliphatic hydroxyl groups excluding tert-OH is 3. The second-order valence-electron chi connectivity index (χ2n) is 10.3. The zero-order valence-electron chi connectivity index (χ0n) is 23.8. The van der Waals surface area contributed by atoms with Gasteiger partial charge in [0.25, 0.3) is 0 Å². The molecule has 6 nitrogen and oxygen atoms in total. The van der Waals surface area contributed by atoms with Crippen molar-refractivity contribution in [1.82, 2.24) is 0 Å². The first-order valence-electron chi connectivity index (χ1n) is 14.0. The summed E-state index contributed by atoms with van der Waals surface area (Å²) in [5, 5.41) is 31.5. The van der Waals surface area contributed by atoms with E-state index in [9.17, 15) is 4.79 Å². The maximum atomic E-state index is 11.6. The molecule has 0 amide bonds. The van der Waals surface area contributed by atoms with Gasteiger partial charge in [-0.25, -0.2) is 0 Å². The van der Waals surface area contributed by atoms with Crippen molar-refractivity contribution in [3.8, 4) is 0 Å². The molecule has 0 radical (unpaired) electrons. The lowest BCUT2D eigenvalue weighted by atomic mass is 9.99. The monoisotopic (exact) mass is 504 g/mol. The molecule has 0 heterocycles. The quantitative estimate of drug-likeness (QED) is 0.0676. The summed E-state index contributed by atoms with van der Waals surface area (Å²) >= 11 is 0. The van der Waals surface area contributed by atoms with Crippen LogP contribution in [0.15, 0.2) is 12.2 Å². The van der Waals surface area contributed by atoms with Crippen LogP contribution >= 0.6 is 0 Å². The molecule has 0 aliphatic heterocycles. The molecule has 0 aromatic carbocycles. The number of aliphatic hydroxyl groups is 4. The number of carbonyl (C=O) groups excluding carboxylic acids is 1. The SMILES string of the molecule is CCCC(O)O.CCCCCCCC/C=C\CCCCCCCC(=O)OCC(C)(C)C.OCCO. The molecule has 0 bridgehead atoms. The molecule has 0 atom stereocenters. The fourth-order valence-electron chi connectivity index (χ4n) is 2.97. The minimum absolute atomic E-state index is 0.0347. The largest absolute Gasteiger partial charge is 0.465 e. The molecule has 0 fully saturated rings. The summed E-state index contributed by atoms with van der Waals surface area (Å²) in [6.07, 6.45) is 22.2. The van der Waals surface area contributed by atoms with E-state index in [0.717, 1.165) is 19.3 Å². The van der Waals surface area contributed by atoms with Crippen LogP contribution in [0.25, 0.3) is 0 Å². The molecule has 0 spiro atoms. The second-order valence-corrected chi connectivity index (χ2v) is 10.3. The third-order valence-corrected chi connectivity index (χ3v) is 4.96. The lowest BCUT2D eigenvalue weighted by Gasteiger charge is -2.17. The molecular formula is C29H60O6. The maximum absolute atomic E-state index is 11.6. The Labute approximate surface area is 217 Å². The van der Waals surface area contributed by atoms with Crippen LogP contribution in [0.2, 0.25) is 0 Å². The lowest BCUT2D eigenvalue weighted by molar-refractivity contribution is -0.146. The fourth-order valence-corrected chi connectivity index (χ4v) is 2.97. The van der Waals surface area contributed by atoms with Crippen molar-refractivity contribution in [2.24, 2.45) is 5.41 Å². The highest BCUT2D eigenvalue weighted by Gasteiger charge is 2.13. The number of allylic oxidation sites excluding steroid dienone is 2. The van der Waals surface area contributed by atoms with Crippen LogP contribution in [0, 0.1) is 5.41 Å². The van der Waals surface area contributed by atoms with E-state index in [-0.39, 0.29) is 24.6 Å². The van der Waals surface area contributed by atoms with Gasteiger partial charge in [-0.05, 0) is 43.9 Å². The van der Waals surface area contributed by atoms with Crippen LogP contribution in [0.3, 0.4) is 0 Å². The Bertz CT molecular complexity index is 427. The summed E-state index contributed by atoms with van der Waals surface area (Å²) in [6, 6.07) is 0. The van der Waals surface area contributed by atoms with Gasteiger partial charge in [0.2, 0.25) is 0 Å². The Balaban J connectivity index is -0.000000854. The van der Waals surface area contributed by atoms with Gasteiger partial charge in [0.1, 0.15) is 0 Å². The van der Waals surface area contributed by atoms with Gasteiger partial charge >= 0.3 is 5.97 Å². The van der Waals surface area contributed by atoms with Crippen LogP contribution < -0.4 is 0 Å². The number of unbranched alkanes of at least 4 members (excludes halogenated alkanes) is 11. The summed E-state index contributed by atoms with van der Waals surface area (Å²) in [5.41, 5.74) is 0.0677. The van der Waals surface area contributed by atoms with E-state index in [1.807, 2.05) is 6.92 Å². The average Bonchev–Trinajstić information content (AvgIpc) is 2.80. The molecule has 0 aromatic heterocycles. The van der Waals surface area contributed by atoms with E-state index in [2.05, 4.69) is 39.8 Å². The Morgan fingerprint density at radius 1 is 0.743 bits per heavy atom. The van der Waals surface area contributed by atoms with Gasteiger partial charge in [-0.2, -0.15) is 0 Å². The summed E-state index contributed by atoms with van der Waals surface area (Å²) in [5.74, 6) is -0.0347. The second kappa shape index (κ2) is 31.1. The number of hydrogen-bond acceptors (Lipinski definition) is 6. The summed E-state index contributed by atoms with van der Waals surface area (Å²) < 4.78 is 5.28. The molecule has 212 valence electrons. The summed E-state index contributed by atoms with van der Waals surface area (Å²) in [4.78, 5) is 11.6. The molecule has 6 heteroatoms. The van der Waals surface area contributed by atoms with E-state index in [0.29, 0.717) is 19.4 Å². The standard InChI is InChI=1S/C23H44O2.C4H10O2.C2H6O2/c1-5-6-7-8-9-10-11-12-13-14-15-16-17-18-19-20-22(24)25-21-23(2,3)4;1-2-3-4(5)6;3-1-2-4/h12-13H,5-11,14-21H2,1-4H3;4-6H,2-3H2,1H3;3-4H,1-2H2/b13-12-;;. The van der Waals surface area contributed by atoms with Gasteiger partial charge in [0.15, 0.2) is 6.29 Å². The zero-order chi connectivity index (χ0) is 27.2. The van der Waals surface area contributed by atoms with Gasteiger partial charge in [-0.1, -0.05) is 105 Å². The van der Waals surface area contributed by atoms with Gasteiger partial charge < -0.3 is 25.2 Å². The average molecular weight is 505 g/mol. The summed E-state index contributed by atoms with van der Waals surface area (Å²) in [6.45, 7) is 10.7. The van der Waals surface area contributed by atoms with Gasteiger partial charge in [-0.3, -0.25) is 4.79 Å². The number of ether oxygens (including phenoxy) is 1. The van der Waals surface area contributed by atoms with Gasteiger partial charge in [0, 0.05) is 6.42 Å². The van der Waals surface area contributed by atoms with Crippen molar-refractivity contribution < 1.29 is 30.0 Å². The number of hydrogen-bond donors (Lipinski definition) is 4. The number of rotatable bonds is 19. The maximum Gasteiger partial charge on any atom is 0.305 e. The molecule has 0 aliphatic rings. The molecule has 35 heavy (non-hydrogen) atoms. The van der Waals surface area contributed by atoms with Crippen molar-refractivity contribution in [2.45, 2.75) is 144 Å². The molecule has 0 aromatic rings. The van der Waals surface area contributed by atoms with E-state index in [1.165, 1.54) is 70.6 Å². The molecule has 0 aliphatic carbocycles. The van der Waals surface area contributed by atoms with Crippen molar-refractivity contribution >= 4 is 5.97 Å². The van der Waals surface area contributed by atoms with Gasteiger partial charge in [-0.15, -0.1) is 0 Å². The van der Waals surface area contributed by atoms with E-state index in [1.54, 1.807) is 0 Å². The first-order chi connectivity index (χ1) is 16.6. The van der Waals surface area contributed by atoms with Crippen molar-refractivity contribution in [3.05, 3.63) is 12.2 Å². The third-order valence-electron chi connectivity index (χ3n) is 4.96. The molecular weight excluding hydrogens is 444 g/mol. The molecule has 0 rings (SSSR count). The zero-order valence-corrected chi connectivity index (χ0v) is 23.8. The normalized spacial score (nSPS) is 11.1. The first kappa shape index (κ1) is 38.6. The highest BCUT2D eigenvalue weighted by molar-refractivity contribution is 5.69. The Kier molecular flexibility index (Phi) is 34.3. The predicted molar refractivity (Wildman–Crippen MR) is 147 cm³/mol. The number of carbonyl (C=O) groups is 1. The van der Waals surface area contributed by atoms with Crippen LogP contribution in [-0.4, -0.2) is 52.5 Å². The first-order valence-corrected chi connectivity index (χ1v) is 14.0. The van der Waals surface area contributed by atoms with Crippen molar-refractivity contribution in [1.29, 1.82) is 0 Å². The van der Waals surface area contributed by atoms with Gasteiger partial charge in [0.05, 0.1) is 19.8 Å². The van der Waals surface area contributed by atoms with Crippen LogP contribution in [0.4, 0.5) is 0 Å². The fraction of sp³-hybridized carbons (Fsp3) is 0.897. The minimum atomic E-state index is -1.10. The molecule has 4 N–H and O–H groups in total. The Hall–Kier alpha value is -0.950. The topological polar surface area (TPSA) is 107 Å². The minimum Gasteiger partial charge on any atom is -0.465 e. The van der Waals surface area contributed by atoms with Crippen molar-refractivity contribution in [2.75, 3.05) is 19.8 Å². The molecule has 0 saturated carbocycles. The lowest BCUT2D eigenvalue weighted by Crippen LogP contribution is -2.18. The number of esters is 1. The molecule has 0 unspecified atom stereocenters.